The molecule has 29 heavy (non-hydrogen) atoms. The summed E-state index contributed by atoms with van der Waals surface area (Å²) in [7, 11) is -3.21. The molecule has 0 saturated heterocycles. The van der Waals surface area contributed by atoms with Crippen molar-refractivity contribution < 1.29 is 18.7 Å². The van der Waals surface area contributed by atoms with E-state index < -0.39 is 16.4 Å². The van der Waals surface area contributed by atoms with Gasteiger partial charge in [-0.25, -0.2) is 0 Å². The summed E-state index contributed by atoms with van der Waals surface area (Å²) in [5.41, 5.74) is 0. The van der Waals surface area contributed by atoms with Crippen molar-refractivity contribution in [3.05, 3.63) is 23.4 Å². The van der Waals surface area contributed by atoms with E-state index in [4.69, 9.17) is 13.9 Å². The van der Waals surface area contributed by atoms with Crippen LogP contribution in [0.5, 0.6) is 0 Å². The van der Waals surface area contributed by atoms with Gasteiger partial charge in [0.05, 0.1) is 14.2 Å². The van der Waals surface area contributed by atoms with E-state index in [2.05, 4.69) is 60.6 Å². The molecule has 0 spiro atoms. The molecule has 1 aliphatic heterocycles. The van der Waals surface area contributed by atoms with E-state index in [1.54, 1.807) is 0 Å². The molecule has 3 atom stereocenters. The highest BCUT2D eigenvalue weighted by molar-refractivity contribution is 6.86. The smallest absolute Gasteiger partial charge is 0.302 e. The predicted molar refractivity (Wildman–Crippen MR) is 127 cm³/mol. The SMILES string of the molecule is CC[Si](CC)(CC)O[C@@H]1C=C[C@@H](COC(C)=O)O[C@@H]1/C=C(\C)[Si](CC)(CC)CC. The Morgan fingerprint density at radius 3 is 1.93 bits per heavy atom. The summed E-state index contributed by atoms with van der Waals surface area (Å²) in [5.74, 6) is -0.271. The van der Waals surface area contributed by atoms with Gasteiger partial charge in [-0.15, -0.1) is 0 Å². The van der Waals surface area contributed by atoms with E-state index in [-0.39, 0.29) is 30.9 Å². The summed E-state index contributed by atoms with van der Waals surface area (Å²) in [4.78, 5) is 11.2. The quantitative estimate of drug-likeness (QED) is 0.204. The highest BCUT2D eigenvalue weighted by atomic mass is 28.4. The van der Waals surface area contributed by atoms with Crippen molar-refractivity contribution >= 4 is 22.4 Å². The van der Waals surface area contributed by atoms with Crippen LogP contribution in [0.4, 0.5) is 0 Å². The molecule has 0 radical (unpaired) electrons. The van der Waals surface area contributed by atoms with Crippen molar-refractivity contribution in [3.63, 3.8) is 0 Å². The molecule has 0 N–H and O–H groups in total. The van der Waals surface area contributed by atoms with Gasteiger partial charge < -0.3 is 13.9 Å². The highest BCUT2D eigenvalue weighted by Gasteiger charge is 2.37. The molecular formula is C23H44O4Si2. The third-order valence-electron chi connectivity index (χ3n) is 7.22. The van der Waals surface area contributed by atoms with Crippen molar-refractivity contribution in [3.8, 4) is 0 Å². The van der Waals surface area contributed by atoms with E-state index in [0.717, 1.165) is 18.1 Å². The fourth-order valence-electron chi connectivity index (χ4n) is 4.50. The largest absolute Gasteiger partial charge is 0.463 e. The van der Waals surface area contributed by atoms with Gasteiger partial charge in [0.15, 0.2) is 8.32 Å². The summed E-state index contributed by atoms with van der Waals surface area (Å²) in [6, 6.07) is 7.12. The second kappa shape index (κ2) is 12.2. The monoisotopic (exact) mass is 440 g/mol. The molecule has 0 aromatic heterocycles. The first-order chi connectivity index (χ1) is 13.7. The van der Waals surface area contributed by atoms with Gasteiger partial charge >= 0.3 is 5.97 Å². The van der Waals surface area contributed by atoms with E-state index in [9.17, 15) is 4.79 Å². The number of carbonyl (C=O) groups is 1. The molecule has 1 rings (SSSR count). The Morgan fingerprint density at radius 2 is 1.48 bits per heavy atom. The molecule has 0 aromatic rings. The van der Waals surface area contributed by atoms with Crippen molar-refractivity contribution in [1.29, 1.82) is 0 Å². The zero-order valence-electron chi connectivity index (χ0n) is 20.0. The van der Waals surface area contributed by atoms with E-state index in [1.165, 1.54) is 30.3 Å². The zero-order chi connectivity index (χ0) is 22.1. The van der Waals surface area contributed by atoms with Crippen LogP contribution in [-0.4, -0.2) is 47.3 Å². The maximum atomic E-state index is 11.2. The van der Waals surface area contributed by atoms with Crippen molar-refractivity contribution in [1.82, 2.24) is 0 Å². The molecule has 0 amide bonds. The first-order valence-corrected chi connectivity index (χ1v) is 16.7. The third kappa shape index (κ3) is 6.91. The molecular weight excluding hydrogens is 396 g/mol. The lowest BCUT2D eigenvalue weighted by atomic mass is 10.1. The topological polar surface area (TPSA) is 44.8 Å². The maximum Gasteiger partial charge on any atom is 0.302 e. The molecule has 0 aromatic carbocycles. The molecule has 4 nitrogen and oxygen atoms in total. The fraction of sp³-hybridized carbons (Fsp3) is 0.783. The van der Waals surface area contributed by atoms with Gasteiger partial charge in [0.25, 0.3) is 0 Å². The van der Waals surface area contributed by atoms with Gasteiger partial charge in [-0.3, -0.25) is 4.79 Å². The molecule has 0 fully saturated rings. The zero-order valence-corrected chi connectivity index (χ0v) is 22.0. The number of hydrogen-bond donors (Lipinski definition) is 0. The summed E-state index contributed by atoms with van der Waals surface area (Å²) >= 11 is 0. The molecule has 0 unspecified atom stereocenters. The average Bonchev–Trinajstić information content (AvgIpc) is 2.73. The number of carbonyl (C=O) groups excluding carboxylic acids is 1. The van der Waals surface area contributed by atoms with E-state index in [1.807, 2.05) is 6.08 Å². The number of rotatable bonds is 12. The summed E-state index contributed by atoms with van der Waals surface area (Å²) < 4.78 is 18.4. The van der Waals surface area contributed by atoms with Crippen LogP contribution in [0.15, 0.2) is 23.4 Å². The lowest BCUT2D eigenvalue weighted by Gasteiger charge is -2.39. The van der Waals surface area contributed by atoms with Gasteiger partial charge in [0, 0.05) is 6.92 Å². The van der Waals surface area contributed by atoms with E-state index >= 15 is 0 Å². The Morgan fingerprint density at radius 1 is 0.931 bits per heavy atom. The van der Waals surface area contributed by atoms with E-state index in [0.29, 0.717) is 0 Å². The molecule has 0 aliphatic carbocycles. The van der Waals surface area contributed by atoms with Crippen LogP contribution in [0.25, 0.3) is 0 Å². The van der Waals surface area contributed by atoms with Gasteiger partial charge in [0.1, 0.15) is 18.8 Å². The Kier molecular flexibility index (Phi) is 11.1. The predicted octanol–water partition coefficient (Wildman–Crippen LogP) is 6.26. The molecule has 0 bridgehead atoms. The van der Waals surface area contributed by atoms with Crippen LogP contribution < -0.4 is 0 Å². The number of allylic oxidation sites excluding steroid dienone is 1. The van der Waals surface area contributed by atoms with Crippen LogP contribution in [0.3, 0.4) is 0 Å². The Bertz CT molecular complexity index is 549. The fourth-order valence-corrected chi connectivity index (χ4v) is 11.0. The lowest BCUT2D eigenvalue weighted by Crippen LogP contribution is -2.47. The van der Waals surface area contributed by atoms with Crippen molar-refractivity contribution in [2.45, 2.75) is 110 Å². The van der Waals surface area contributed by atoms with Gasteiger partial charge in [-0.05, 0) is 25.1 Å². The van der Waals surface area contributed by atoms with Gasteiger partial charge in [-0.2, -0.15) is 0 Å². The van der Waals surface area contributed by atoms with Gasteiger partial charge in [-0.1, -0.05) is 83.1 Å². The third-order valence-corrected chi connectivity index (χ3v) is 17.8. The Hall–Kier alpha value is -0.696. The summed E-state index contributed by atoms with van der Waals surface area (Å²) in [6.07, 6.45) is 6.13. The average molecular weight is 441 g/mol. The molecule has 6 heteroatoms. The second-order valence-corrected chi connectivity index (χ2v) is 18.5. The Labute approximate surface area is 181 Å². The minimum Gasteiger partial charge on any atom is -0.463 e. The van der Waals surface area contributed by atoms with Crippen molar-refractivity contribution in [2.24, 2.45) is 0 Å². The first kappa shape index (κ1) is 26.3. The van der Waals surface area contributed by atoms with Crippen LogP contribution in [-0.2, 0) is 18.7 Å². The normalized spacial score (nSPS) is 23.3. The second-order valence-electron chi connectivity index (χ2n) is 8.34. The maximum absolute atomic E-state index is 11.2. The summed E-state index contributed by atoms with van der Waals surface area (Å²) in [5, 5.41) is 1.52. The van der Waals surface area contributed by atoms with Crippen LogP contribution in [0.2, 0.25) is 36.3 Å². The number of esters is 1. The van der Waals surface area contributed by atoms with Gasteiger partial charge in [0.2, 0.25) is 0 Å². The number of hydrogen-bond acceptors (Lipinski definition) is 4. The molecule has 168 valence electrons. The first-order valence-electron chi connectivity index (χ1n) is 11.6. The van der Waals surface area contributed by atoms with Crippen LogP contribution >= 0.6 is 0 Å². The molecule has 1 heterocycles. The van der Waals surface area contributed by atoms with Crippen LogP contribution in [0, 0.1) is 0 Å². The minimum atomic E-state index is -1.76. The minimum absolute atomic E-state index is 0.0534. The highest BCUT2D eigenvalue weighted by Crippen LogP contribution is 2.32. The van der Waals surface area contributed by atoms with Crippen molar-refractivity contribution in [2.75, 3.05) is 6.61 Å². The standard InChI is InChI=1S/C23H44O4Si2/c1-9-28(10-2,11-3)19(7)17-23-22(27-29(12-4,13-5)14-6)16-15-21(26-23)18-25-20(8)24/h15-17,21-23H,9-14,18H2,1-8H3/b19-17+/t21-,22+,23+/m0/s1. The Balaban J connectivity index is 3.20. The van der Waals surface area contributed by atoms with Crippen LogP contribution in [0.1, 0.15) is 55.4 Å². The number of ether oxygens (including phenoxy) is 2. The molecule has 1 aliphatic rings. The summed E-state index contributed by atoms with van der Waals surface area (Å²) in [6.45, 7) is 17.8. The molecule has 0 saturated carbocycles. The lowest BCUT2D eigenvalue weighted by molar-refractivity contribution is -0.146.